The van der Waals surface area contributed by atoms with Crippen LogP contribution in [0.2, 0.25) is 0 Å². The molecule has 2 rings (SSSR count). The van der Waals surface area contributed by atoms with Gasteiger partial charge in [-0.2, -0.15) is 0 Å². The van der Waals surface area contributed by atoms with Crippen LogP contribution in [0.15, 0.2) is 30.3 Å². The van der Waals surface area contributed by atoms with Crippen molar-refractivity contribution in [2.75, 3.05) is 6.61 Å². The van der Waals surface area contributed by atoms with E-state index in [9.17, 15) is 4.79 Å². The lowest BCUT2D eigenvalue weighted by atomic mass is 10.0. The molecule has 2 aromatic rings. The van der Waals surface area contributed by atoms with Crippen LogP contribution in [0.3, 0.4) is 0 Å². The minimum absolute atomic E-state index is 0.332. The van der Waals surface area contributed by atoms with Gasteiger partial charge in [0, 0.05) is 11.3 Å². The number of hydrogen-bond donors (Lipinski definition) is 0. The first-order chi connectivity index (χ1) is 11.4. The SMILES string of the molecule is CCOC(=O)C(C)(CC)Oc1nn(Cc2ccccc2)c(C)c1C. The van der Waals surface area contributed by atoms with E-state index < -0.39 is 5.60 Å². The number of carbonyl (C=O) groups is 1. The summed E-state index contributed by atoms with van der Waals surface area (Å²) in [4.78, 5) is 12.2. The Kier molecular flexibility index (Phi) is 5.65. The fourth-order valence-electron chi connectivity index (χ4n) is 2.37. The molecule has 0 fully saturated rings. The van der Waals surface area contributed by atoms with Gasteiger partial charge in [-0.3, -0.25) is 4.68 Å². The summed E-state index contributed by atoms with van der Waals surface area (Å²) in [5.41, 5.74) is 2.10. The first-order valence-electron chi connectivity index (χ1n) is 8.35. The summed E-state index contributed by atoms with van der Waals surface area (Å²) >= 11 is 0. The third-order valence-corrected chi connectivity index (χ3v) is 4.34. The van der Waals surface area contributed by atoms with Crippen molar-refractivity contribution in [1.82, 2.24) is 9.78 Å². The predicted molar refractivity (Wildman–Crippen MR) is 93.2 cm³/mol. The molecule has 0 radical (unpaired) electrons. The number of nitrogens with zero attached hydrogens (tertiary/aromatic N) is 2. The monoisotopic (exact) mass is 330 g/mol. The van der Waals surface area contributed by atoms with Gasteiger partial charge in [0.2, 0.25) is 11.5 Å². The molecule has 130 valence electrons. The van der Waals surface area contributed by atoms with Crippen LogP contribution in [0.4, 0.5) is 0 Å². The highest BCUT2D eigenvalue weighted by Gasteiger charge is 2.37. The minimum Gasteiger partial charge on any atom is -0.463 e. The zero-order valence-corrected chi connectivity index (χ0v) is 15.1. The van der Waals surface area contributed by atoms with Crippen molar-refractivity contribution >= 4 is 5.97 Å². The Labute approximate surface area is 143 Å². The van der Waals surface area contributed by atoms with Gasteiger partial charge in [0.05, 0.1) is 13.2 Å². The minimum atomic E-state index is -1.03. The van der Waals surface area contributed by atoms with Crippen LogP contribution in [0.1, 0.15) is 44.0 Å². The van der Waals surface area contributed by atoms with Crippen LogP contribution in [-0.4, -0.2) is 28.0 Å². The topological polar surface area (TPSA) is 53.4 Å². The van der Waals surface area contributed by atoms with Gasteiger partial charge < -0.3 is 9.47 Å². The quantitative estimate of drug-likeness (QED) is 0.727. The molecule has 1 aromatic heterocycles. The molecular formula is C19H26N2O3. The van der Waals surface area contributed by atoms with E-state index in [1.54, 1.807) is 13.8 Å². The largest absolute Gasteiger partial charge is 0.463 e. The summed E-state index contributed by atoms with van der Waals surface area (Å²) in [5.74, 6) is 0.128. The molecule has 0 bridgehead atoms. The van der Waals surface area contributed by atoms with Gasteiger partial charge in [0.25, 0.3) is 0 Å². The van der Waals surface area contributed by atoms with Gasteiger partial charge >= 0.3 is 5.97 Å². The average molecular weight is 330 g/mol. The van der Waals surface area contributed by atoms with Crippen LogP contribution >= 0.6 is 0 Å². The Hall–Kier alpha value is -2.30. The molecule has 0 saturated heterocycles. The van der Waals surface area contributed by atoms with Crippen LogP contribution in [0, 0.1) is 13.8 Å². The predicted octanol–water partition coefficient (Wildman–Crippen LogP) is 3.66. The van der Waals surface area contributed by atoms with Crippen molar-refractivity contribution in [2.45, 2.75) is 53.2 Å². The maximum Gasteiger partial charge on any atom is 0.350 e. The molecular weight excluding hydrogens is 304 g/mol. The van der Waals surface area contributed by atoms with Crippen molar-refractivity contribution in [3.63, 3.8) is 0 Å². The Bertz CT molecular complexity index is 694. The van der Waals surface area contributed by atoms with Gasteiger partial charge in [-0.25, -0.2) is 4.79 Å². The van der Waals surface area contributed by atoms with Crippen molar-refractivity contribution in [1.29, 1.82) is 0 Å². The summed E-state index contributed by atoms with van der Waals surface area (Å²) in [6.07, 6.45) is 0.510. The third-order valence-electron chi connectivity index (χ3n) is 4.34. The molecule has 0 aliphatic heterocycles. The molecule has 0 aliphatic carbocycles. The van der Waals surface area contributed by atoms with E-state index in [0.717, 1.165) is 11.3 Å². The van der Waals surface area contributed by atoms with Crippen LogP contribution in [0.25, 0.3) is 0 Å². The van der Waals surface area contributed by atoms with Crippen LogP contribution in [-0.2, 0) is 16.1 Å². The lowest BCUT2D eigenvalue weighted by Gasteiger charge is -2.26. The van der Waals surface area contributed by atoms with Gasteiger partial charge in [-0.15, -0.1) is 5.10 Å². The highest BCUT2D eigenvalue weighted by Crippen LogP contribution is 2.27. The molecule has 5 heteroatoms. The molecule has 0 saturated carbocycles. The molecule has 0 N–H and O–H groups in total. The van der Waals surface area contributed by atoms with Crippen LogP contribution < -0.4 is 4.74 Å². The summed E-state index contributed by atoms with van der Waals surface area (Å²) in [7, 11) is 0. The fraction of sp³-hybridized carbons (Fsp3) is 0.474. The average Bonchev–Trinajstić information content (AvgIpc) is 2.84. The first-order valence-corrected chi connectivity index (χ1v) is 8.35. The molecule has 1 unspecified atom stereocenters. The van der Waals surface area contributed by atoms with E-state index in [4.69, 9.17) is 9.47 Å². The normalized spacial score (nSPS) is 13.4. The highest BCUT2D eigenvalue weighted by molar-refractivity contribution is 5.79. The maximum atomic E-state index is 12.2. The second-order valence-electron chi connectivity index (χ2n) is 6.07. The van der Waals surface area contributed by atoms with Crippen molar-refractivity contribution in [3.05, 3.63) is 47.2 Å². The summed E-state index contributed by atoms with van der Waals surface area (Å²) in [6.45, 7) is 10.4. The first kappa shape index (κ1) is 18.0. The zero-order valence-electron chi connectivity index (χ0n) is 15.1. The van der Waals surface area contributed by atoms with E-state index >= 15 is 0 Å². The van der Waals surface area contributed by atoms with Gasteiger partial charge in [0.1, 0.15) is 0 Å². The molecule has 0 spiro atoms. The number of ether oxygens (including phenoxy) is 2. The maximum absolute atomic E-state index is 12.2. The fourth-order valence-corrected chi connectivity index (χ4v) is 2.37. The Balaban J connectivity index is 2.25. The number of carbonyl (C=O) groups excluding carboxylic acids is 1. The van der Waals surface area contributed by atoms with Crippen LogP contribution in [0.5, 0.6) is 5.88 Å². The van der Waals surface area contributed by atoms with E-state index in [0.29, 0.717) is 25.5 Å². The molecule has 1 aromatic carbocycles. The van der Waals surface area contributed by atoms with E-state index in [2.05, 4.69) is 17.2 Å². The lowest BCUT2D eigenvalue weighted by molar-refractivity contribution is -0.160. The summed E-state index contributed by atoms with van der Waals surface area (Å²) in [5, 5.41) is 4.57. The van der Waals surface area contributed by atoms with Gasteiger partial charge in [-0.1, -0.05) is 37.3 Å². The second kappa shape index (κ2) is 7.51. The Morgan fingerprint density at radius 2 is 1.88 bits per heavy atom. The van der Waals surface area contributed by atoms with E-state index in [-0.39, 0.29) is 5.97 Å². The molecule has 24 heavy (non-hydrogen) atoms. The summed E-state index contributed by atoms with van der Waals surface area (Å²) < 4.78 is 13.0. The van der Waals surface area contributed by atoms with Crippen molar-refractivity contribution in [3.8, 4) is 5.88 Å². The molecule has 1 heterocycles. The molecule has 0 amide bonds. The van der Waals surface area contributed by atoms with Crippen molar-refractivity contribution in [2.24, 2.45) is 0 Å². The third kappa shape index (κ3) is 3.78. The standard InChI is InChI=1S/C19H26N2O3/c1-6-19(5,18(22)23-7-2)24-17-14(3)15(4)21(20-17)13-16-11-9-8-10-12-16/h8-12H,6-7,13H2,1-5H3. The van der Waals surface area contributed by atoms with Gasteiger partial charge in [-0.05, 0) is 39.7 Å². The molecule has 1 atom stereocenters. The number of esters is 1. The highest BCUT2D eigenvalue weighted by atomic mass is 16.6. The van der Waals surface area contributed by atoms with Crippen molar-refractivity contribution < 1.29 is 14.3 Å². The number of hydrogen-bond acceptors (Lipinski definition) is 4. The number of rotatable bonds is 7. The Morgan fingerprint density at radius 3 is 2.46 bits per heavy atom. The number of aromatic nitrogens is 2. The molecule has 0 aliphatic rings. The Morgan fingerprint density at radius 1 is 1.21 bits per heavy atom. The van der Waals surface area contributed by atoms with Gasteiger partial charge in [0.15, 0.2) is 0 Å². The number of benzene rings is 1. The second-order valence-corrected chi connectivity index (χ2v) is 6.07. The van der Waals surface area contributed by atoms with E-state index in [1.165, 1.54) is 5.56 Å². The summed E-state index contributed by atoms with van der Waals surface area (Å²) in [6, 6.07) is 10.1. The molecule has 5 nitrogen and oxygen atoms in total. The lowest BCUT2D eigenvalue weighted by Crippen LogP contribution is -2.42. The van der Waals surface area contributed by atoms with E-state index in [1.807, 2.05) is 43.7 Å². The smallest absolute Gasteiger partial charge is 0.350 e. The zero-order chi connectivity index (χ0) is 17.7.